The Bertz CT molecular complexity index is 1370. The molecule has 0 saturated heterocycles. The number of nitrogens with one attached hydrogen (secondary N) is 2. The number of carbonyl (C=O) groups is 2. The standard InChI is InChI=1S/C30H26N2O6/c1-37-23-13-15-25(27(33)17-23)31-29(35)21-9-5-19(6-10-21)3-4-20-7-11-22(12-8-20)30(36)32-26-16-14-24(38-2)18-28(26)34/h3-18,33-34H,1-2H3,(H,31,35)(H,32,36). The van der Waals surface area contributed by atoms with Gasteiger partial charge in [0.15, 0.2) is 0 Å². The number of ether oxygens (including phenoxy) is 2. The van der Waals surface area contributed by atoms with Crippen LogP contribution in [0.15, 0.2) is 84.9 Å². The van der Waals surface area contributed by atoms with Crippen molar-refractivity contribution in [1.29, 1.82) is 0 Å². The third-order valence-corrected chi connectivity index (χ3v) is 5.72. The highest BCUT2D eigenvalue weighted by atomic mass is 16.5. The summed E-state index contributed by atoms with van der Waals surface area (Å²) < 4.78 is 10.1. The van der Waals surface area contributed by atoms with Crippen LogP contribution in [0.3, 0.4) is 0 Å². The summed E-state index contributed by atoms with van der Waals surface area (Å²) in [6, 6.07) is 23.3. The molecular weight excluding hydrogens is 484 g/mol. The van der Waals surface area contributed by atoms with E-state index in [9.17, 15) is 19.8 Å². The molecule has 192 valence electrons. The van der Waals surface area contributed by atoms with E-state index in [1.807, 2.05) is 36.4 Å². The number of phenols is 2. The second kappa shape index (κ2) is 11.7. The summed E-state index contributed by atoms with van der Waals surface area (Å²) in [6.07, 6.45) is 3.78. The van der Waals surface area contributed by atoms with Gasteiger partial charge in [0.25, 0.3) is 11.8 Å². The highest BCUT2D eigenvalue weighted by molar-refractivity contribution is 6.06. The first-order chi connectivity index (χ1) is 18.4. The summed E-state index contributed by atoms with van der Waals surface area (Å²) in [5.41, 5.74) is 3.22. The van der Waals surface area contributed by atoms with Gasteiger partial charge in [-0.05, 0) is 59.7 Å². The lowest BCUT2D eigenvalue weighted by molar-refractivity contribution is 0.101. The van der Waals surface area contributed by atoms with Gasteiger partial charge in [-0.2, -0.15) is 0 Å². The second-order valence-electron chi connectivity index (χ2n) is 8.25. The van der Waals surface area contributed by atoms with Crippen LogP contribution in [0.25, 0.3) is 12.2 Å². The molecule has 4 aromatic rings. The maximum atomic E-state index is 12.5. The number of amides is 2. The van der Waals surface area contributed by atoms with Gasteiger partial charge in [-0.25, -0.2) is 0 Å². The van der Waals surface area contributed by atoms with E-state index in [4.69, 9.17) is 9.47 Å². The number of rotatable bonds is 8. The third-order valence-electron chi connectivity index (χ3n) is 5.72. The molecule has 4 rings (SSSR count). The van der Waals surface area contributed by atoms with Crippen LogP contribution >= 0.6 is 0 Å². The van der Waals surface area contributed by atoms with Gasteiger partial charge in [0.05, 0.1) is 25.6 Å². The molecule has 0 bridgehead atoms. The van der Waals surface area contributed by atoms with E-state index in [1.54, 1.807) is 48.5 Å². The fraction of sp³-hybridized carbons (Fsp3) is 0.0667. The van der Waals surface area contributed by atoms with Crippen LogP contribution in [0.5, 0.6) is 23.0 Å². The number of hydrogen-bond acceptors (Lipinski definition) is 6. The van der Waals surface area contributed by atoms with Crippen LogP contribution in [0.1, 0.15) is 31.8 Å². The van der Waals surface area contributed by atoms with Gasteiger partial charge in [0.2, 0.25) is 0 Å². The first-order valence-corrected chi connectivity index (χ1v) is 11.6. The second-order valence-corrected chi connectivity index (χ2v) is 8.25. The Hall–Kier alpha value is -5.24. The molecule has 0 saturated carbocycles. The van der Waals surface area contributed by atoms with Crippen molar-refractivity contribution in [1.82, 2.24) is 0 Å². The van der Waals surface area contributed by atoms with E-state index >= 15 is 0 Å². The fourth-order valence-electron chi connectivity index (χ4n) is 3.56. The fourth-order valence-corrected chi connectivity index (χ4v) is 3.56. The Morgan fingerprint density at radius 2 is 0.974 bits per heavy atom. The van der Waals surface area contributed by atoms with Crippen LogP contribution in [0, 0.1) is 0 Å². The van der Waals surface area contributed by atoms with Gasteiger partial charge < -0.3 is 30.3 Å². The number of hydrogen-bond donors (Lipinski definition) is 4. The summed E-state index contributed by atoms with van der Waals surface area (Å²) in [7, 11) is 2.99. The molecule has 0 spiro atoms. The third kappa shape index (κ3) is 6.30. The quantitative estimate of drug-likeness (QED) is 0.176. The summed E-state index contributed by atoms with van der Waals surface area (Å²) in [6.45, 7) is 0. The lowest BCUT2D eigenvalue weighted by atomic mass is 10.1. The molecule has 0 aliphatic carbocycles. The van der Waals surface area contributed by atoms with Crippen molar-refractivity contribution in [3.8, 4) is 23.0 Å². The first kappa shape index (κ1) is 25.8. The van der Waals surface area contributed by atoms with Crippen molar-refractivity contribution < 1.29 is 29.3 Å². The predicted molar refractivity (Wildman–Crippen MR) is 147 cm³/mol. The minimum absolute atomic E-state index is 0.0837. The number of phenolic OH excluding ortho intramolecular Hbond substituents is 2. The molecule has 0 atom stereocenters. The largest absolute Gasteiger partial charge is 0.506 e. The van der Waals surface area contributed by atoms with E-state index in [0.29, 0.717) is 22.6 Å². The molecule has 4 aromatic carbocycles. The Balaban J connectivity index is 1.35. The summed E-state index contributed by atoms with van der Waals surface area (Å²) in [4.78, 5) is 25.1. The smallest absolute Gasteiger partial charge is 0.255 e. The van der Waals surface area contributed by atoms with E-state index < -0.39 is 0 Å². The van der Waals surface area contributed by atoms with E-state index in [1.165, 1.54) is 26.4 Å². The summed E-state index contributed by atoms with van der Waals surface area (Å²) >= 11 is 0. The molecule has 0 aliphatic heterocycles. The van der Waals surface area contributed by atoms with E-state index in [2.05, 4.69) is 10.6 Å². The SMILES string of the molecule is COc1ccc(NC(=O)c2ccc(C=Cc3ccc(C(=O)Nc4ccc(OC)cc4O)cc3)cc2)c(O)c1. The zero-order valence-corrected chi connectivity index (χ0v) is 20.8. The van der Waals surface area contributed by atoms with Crippen molar-refractivity contribution in [3.05, 3.63) is 107 Å². The highest BCUT2D eigenvalue weighted by Crippen LogP contribution is 2.29. The number of aromatic hydroxyl groups is 2. The monoisotopic (exact) mass is 510 g/mol. The minimum atomic E-state index is -0.349. The number of carbonyl (C=O) groups excluding carboxylic acids is 2. The summed E-state index contributed by atoms with van der Waals surface area (Å²) in [5, 5.41) is 25.4. The molecule has 0 unspecified atom stereocenters. The average Bonchev–Trinajstić information content (AvgIpc) is 2.94. The van der Waals surface area contributed by atoms with Gasteiger partial charge >= 0.3 is 0 Å². The lowest BCUT2D eigenvalue weighted by Gasteiger charge is -2.09. The first-order valence-electron chi connectivity index (χ1n) is 11.6. The zero-order valence-electron chi connectivity index (χ0n) is 20.8. The number of methoxy groups -OCH3 is 2. The van der Waals surface area contributed by atoms with Gasteiger partial charge in [0, 0.05) is 23.3 Å². The van der Waals surface area contributed by atoms with Crippen LogP contribution in [-0.2, 0) is 0 Å². The van der Waals surface area contributed by atoms with Crippen molar-refractivity contribution >= 4 is 35.3 Å². The van der Waals surface area contributed by atoms with Crippen molar-refractivity contribution in [2.45, 2.75) is 0 Å². The highest BCUT2D eigenvalue weighted by Gasteiger charge is 2.11. The van der Waals surface area contributed by atoms with Crippen molar-refractivity contribution in [3.63, 3.8) is 0 Å². The number of anilines is 2. The lowest BCUT2D eigenvalue weighted by Crippen LogP contribution is -2.11. The van der Waals surface area contributed by atoms with Gasteiger partial charge in [-0.1, -0.05) is 36.4 Å². The molecule has 8 heteroatoms. The maximum Gasteiger partial charge on any atom is 0.255 e. The Morgan fingerprint density at radius 1 is 0.605 bits per heavy atom. The maximum absolute atomic E-state index is 12.5. The summed E-state index contributed by atoms with van der Waals surface area (Å²) in [5.74, 6) is 0.113. The normalized spacial score (nSPS) is 10.7. The van der Waals surface area contributed by atoms with Crippen LogP contribution in [-0.4, -0.2) is 36.2 Å². The molecule has 38 heavy (non-hydrogen) atoms. The van der Waals surface area contributed by atoms with E-state index in [-0.39, 0.29) is 34.7 Å². The molecule has 2 amide bonds. The Labute approximate surface area is 219 Å². The average molecular weight is 511 g/mol. The van der Waals surface area contributed by atoms with Crippen LogP contribution in [0.4, 0.5) is 11.4 Å². The molecule has 0 aromatic heterocycles. The van der Waals surface area contributed by atoms with Gasteiger partial charge in [-0.3, -0.25) is 9.59 Å². The molecule has 4 N–H and O–H groups in total. The molecule has 0 radical (unpaired) electrons. The molecule has 0 fully saturated rings. The van der Waals surface area contributed by atoms with Gasteiger partial charge in [0.1, 0.15) is 23.0 Å². The predicted octanol–water partition coefficient (Wildman–Crippen LogP) is 5.79. The Morgan fingerprint density at radius 3 is 1.29 bits per heavy atom. The van der Waals surface area contributed by atoms with Gasteiger partial charge in [-0.15, -0.1) is 0 Å². The van der Waals surface area contributed by atoms with E-state index in [0.717, 1.165) is 11.1 Å². The molecule has 8 nitrogen and oxygen atoms in total. The van der Waals surface area contributed by atoms with Crippen molar-refractivity contribution in [2.24, 2.45) is 0 Å². The zero-order chi connectivity index (χ0) is 27.1. The molecule has 0 heterocycles. The van der Waals surface area contributed by atoms with Crippen LogP contribution in [0.2, 0.25) is 0 Å². The van der Waals surface area contributed by atoms with Crippen LogP contribution < -0.4 is 20.1 Å². The Kier molecular flexibility index (Phi) is 7.93. The number of benzene rings is 4. The minimum Gasteiger partial charge on any atom is -0.506 e. The molecular formula is C30H26N2O6. The topological polar surface area (TPSA) is 117 Å². The van der Waals surface area contributed by atoms with Crippen molar-refractivity contribution in [2.75, 3.05) is 24.9 Å². The molecule has 0 aliphatic rings.